The Balaban J connectivity index is 1.56. The Morgan fingerprint density at radius 1 is 1.14 bits per heavy atom. The highest BCUT2D eigenvalue weighted by Crippen LogP contribution is 2.40. The summed E-state index contributed by atoms with van der Waals surface area (Å²) in [5, 5.41) is 4.39. The predicted octanol–water partition coefficient (Wildman–Crippen LogP) is 6.92. The number of ether oxygens (including phenoxy) is 2. The van der Waals surface area contributed by atoms with Crippen molar-refractivity contribution in [1.82, 2.24) is 4.98 Å². The smallest absolute Gasteiger partial charge is 0.341 e. The SMILES string of the molecule is CCCOC(=O)c1c(NC(=O)c2cc(-c3cccc(OC)c3)nc3ccccc23)sc2c1CCC(C)C2. The Kier molecular flexibility index (Phi) is 7.24. The number of carbonyl (C=O) groups is 2. The molecule has 1 aliphatic rings. The van der Waals surface area contributed by atoms with Crippen LogP contribution in [0.5, 0.6) is 5.75 Å². The van der Waals surface area contributed by atoms with E-state index in [9.17, 15) is 9.59 Å². The molecule has 2 aromatic heterocycles. The van der Waals surface area contributed by atoms with Gasteiger partial charge in [-0.05, 0) is 61.4 Å². The summed E-state index contributed by atoms with van der Waals surface area (Å²) in [5.41, 5.74) is 4.27. The first-order chi connectivity index (χ1) is 18.0. The minimum Gasteiger partial charge on any atom is -0.497 e. The average Bonchev–Trinajstić information content (AvgIpc) is 3.27. The third-order valence-corrected chi connectivity index (χ3v) is 7.88. The van der Waals surface area contributed by atoms with E-state index in [-0.39, 0.29) is 11.9 Å². The molecule has 1 atom stereocenters. The molecule has 2 aromatic carbocycles. The van der Waals surface area contributed by atoms with Crippen molar-refractivity contribution >= 4 is 39.1 Å². The maximum Gasteiger partial charge on any atom is 0.341 e. The molecule has 2 heterocycles. The summed E-state index contributed by atoms with van der Waals surface area (Å²) in [5.74, 6) is 0.621. The van der Waals surface area contributed by atoms with Crippen LogP contribution in [0.25, 0.3) is 22.2 Å². The van der Waals surface area contributed by atoms with Crippen LogP contribution in [0.2, 0.25) is 0 Å². The number of thiophene rings is 1. The molecule has 0 saturated carbocycles. The van der Waals surface area contributed by atoms with E-state index >= 15 is 0 Å². The number of aromatic nitrogens is 1. The van der Waals surface area contributed by atoms with Crippen LogP contribution in [0.3, 0.4) is 0 Å². The molecule has 0 aliphatic heterocycles. The number of nitrogens with zero attached hydrogens (tertiary/aromatic N) is 1. The number of hydrogen-bond acceptors (Lipinski definition) is 6. The van der Waals surface area contributed by atoms with Crippen LogP contribution in [0.15, 0.2) is 54.6 Å². The first kappa shape index (κ1) is 25.0. The summed E-state index contributed by atoms with van der Waals surface area (Å²) in [4.78, 5) is 32.8. The van der Waals surface area contributed by atoms with Gasteiger partial charge in [-0.15, -0.1) is 11.3 Å². The summed E-state index contributed by atoms with van der Waals surface area (Å²) in [7, 11) is 1.62. The number of anilines is 1. The lowest BCUT2D eigenvalue weighted by Gasteiger charge is -2.18. The van der Waals surface area contributed by atoms with Crippen LogP contribution in [0.1, 0.15) is 57.8 Å². The van der Waals surface area contributed by atoms with Crippen molar-refractivity contribution in [3.05, 3.63) is 76.2 Å². The number of esters is 1. The van der Waals surface area contributed by atoms with Crippen LogP contribution in [0, 0.1) is 5.92 Å². The number of nitrogens with one attached hydrogen (secondary N) is 1. The Bertz CT molecular complexity index is 1480. The monoisotopic (exact) mass is 514 g/mol. The molecule has 1 unspecified atom stereocenters. The summed E-state index contributed by atoms with van der Waals surface area (Å²) in [6.07, 6.45) is 3.48. The number of rotatable bonds is 7. The summed E-state index contributed by atoms with van der Waals surface area (Å²) < 4.78 is 10.9. The summed E-state index contributed by atoms with van der Waals surface area (Å²) >= 11 is 1.50. The molecule has 7 heteroatoms. The van der Waals surface area contributed by atoms with Crippen molar-refractivity contribution in [1.29, 1.82) is 0 Å². The van der Waals surface area contributed by atoms with E-state index < -0.39 is 0 Å². The minimum atomic E-state index is -0.360. The van der Waals surface area contributed by atoms with Gasteiger partial charge in [0, 0.05) is 15.8 Å². The fraction of sp³-hybridized carbons (Fsp3) is 0.300. The van der Waals surface area contributed by atoms with E-state index in [4.69, 9.17) is 14.5 Å². The van der Waals surface area contributed by atoms with E-state index in [0.29, 0.717) is 40.1 Å². The molecule has 4 aromatic rings. The van der Waals surface area contributed by atoms with E-state index in [1.165, 1.54) is 11.3 Å². The number of benzene rings is 2. The van der Waals surface area contributed by atoms with E-state index in [1.54, 1.807) is 13.2 Å². The Morgan fingerprint density at radius 2 is 1.97 bits per heavy atom. The fourth-order valence-electron chi connectivity index (χ4n) is 4.79. The van der Waals surface area contributed by atoms with Crippen LogP contribution in [-0.2, 0) is 17.6 Å². The third kappa shape index (κ3) is 5.09. The average molecular weight is 515 g/mol. The van der Waals surface area contributed by atoms with Gasteiger partial charge in [0.05, 0.1) is 36.1 Å². The molecule has 37 heavy (non-hydrogen) atoms. The molecule has 0 saturated heterocycles. The number of para-hydroxylation sites is 1. The zero-order chi connectivity index (χ0) is 25.9. The van der Waals surface area contributed by atoms with Gasteiger partial charge in [-0.3, -0.25) is 4.79 Å². The Morgan fingerprint density at radius 3 is 2.78 bits per heavy atom. The van der Waals surface area contributed by atoms with Gasteiger partial charge in [-0.1, -0.05) is 44.2 Å². The van der Waals surface area contributed by atoms with Crippen LogP contribution in [0.4, 0.5) is 5.00 Å². The normalized spacial score (nSPS) is 14.7. The number of amides is 1. The van der Waals surface area contributed by atoms with E-state index in [2.05, 4.69) is 12.2 Å². The maximum absolute atomic E-state index is 13.8. The second-order valence-corrected chi connectivity index (χ2v) is 10.6. The first-order valence-electron chi connectivity index (χ1n) is 12.7. The maximum atomic E-state index is 13.8. The number of fused-ring (bicyclic) bond motifs is 2. The molecular formula is C30H30N2O4S. The standard InChI is InChI=1S/C30H30N2O4S/c1-4-14-36-30(34)27-22-13-12-18(2)15-26(22)37-29(27)32-28(33)23-17-25(19-8-7-9-20(16-19)35-3)31-24-11-6-5-10-21(23)24/h5-11,16-18H,4,12-15H2,1-3H3,(H,32,33). The van der Waals surface area contributed by atoms with Gasteiger partial charge < -0.3 is 14.8 Å². The van der Waals surface area contributed by atoms with Crippen molar-refractivity contribution < 1.29 is 19.1 Å². The van der Waals surface area contributed by atoms with E-state index in [0.717, 1.165) is 52.6 Å². The highest BCUT2D eigenvalue weighted by molar-refractivity contribution is 7.17. The number of hydrogen-bond donors (Lipinski definition) is 1. The fourth-order valence-corrected chi connectivity index (χ4v) is 6.18. The molecule has 5 rings (SSSR count). The molecular weight excluding hydrogens is 484 g/mol. The van der Waals surface area contributed by atoms with Crippen molar-refractivity contribution in [2.45, 2.75) is 39.5 Å². The Hall–Kier alpha value is -3.71. The highest BCUT2D eigenvalue weighted by atomic mass is 32.1. The van der Waals surface area contributed by atoms with Crippen molar-refractivity contribution in [2.75, 3.05) is 19.0 Å². The number of methoxy groups -OCH3 is 1. The zero-order valence-corrected chi connectivity index (χ0v) is 22.1. The molecule has 6 nitrogen and oxygen atoms in total. The molecule has 1 amide bonds. The predicted molar refractivity (Wildman–Crippen MR) is 148 cm³/mol. The molecule has 0 radical (unpaired) electrons. The quantitative estimate of drug-likeness (QED) is 0.271. The molecule has 0 fully saturated rings. The van der Waals surface area contributed by atoms with Gasteiger partial charge in [0.15, 0.2) is 0 Å². The second-order valence-electron chi connectivity index (χ2n) is 9.45. The van der Waals surface area contributed by atoms with Crippen molar-refractivity contribution in [3.63, 3.8) is 0 Å². The van der Waals surface area contributed by atoms with Crippen molar-refractivity contribution in [3.8, 4) is 17.0 Å². The van der Waals surface area contributed by atoms with Crippen LogP contribution < -0.4 is 10.1 Å². The molecule has 0 spiro atoms. The van der Waals surface area contributed by atoms with Gasteiger partial charge in [0.25, 0.3) is 5.91 Å². The van der Waals surface area contributed by atoms with E-state index in [1.807, 2.05) is 55.5 Å². The minimum absolute atomic E-state index is 0.279. The van der Waals surface area contributed by atoms with Gasteiger partial charge >= 0.3 is 5.97 Å². The molecule has 1 aliphatic carbocycles. The van der Waals surface area contributed by atoms with Gasteiger partial charge in [0.1, 0.15) is 10.8 Å². The van der Waals surface area contributed by atoms with Gasteiger partial charge in [-0.2, -0.15) is 0 Å². The Labute approximate surface area is 220 Å². The molecule has 190 valence electrons. The van der Waals surface area contributed by atoms with Gasteiger partial charge in [-0.25, -0.2) is 9.78 Å². The summed E-state index contributed by atoms with van der Waals surface area (Å²) in [6.45, 7) is 4.54. The van der Waals surface area contributed by atoms with Gasteiger partial charge in [0.2, 0.25) is 0 Å². The first-order valence-corrected chi connectivity index (χ1v) is 13.5. The third-order valence-electron chi connectivity index (χ3n) is 6.71. The van der Waals surface area contributed by atoms with Crippen LogP contribution >= 0.6 is 11.3 Å². The molecule has 0 bridgehead atoms. The lowest BCUT2D eigenvalue weighted by Crippen LogP contribution is -2.17. The van der Waals surface area contributed by atoms with Crippen LogP contribution in [-0.4, -0.2) is 30.6 Å². The molecule has 1 N–H and O–H groups in total. The number of pyridine rings is 1. The second kappa shape index (κ2) is 10.7. The highest BCUT2D eigenvalue weighted by Gasteiger charge is 2.29. The largest absolute Gasteiger partial charge is 0.497 e. The summed E-state index contributed by atoms with van der Waals surface area (Å²) in [6, 6.07) is 17.0. The lowest BCUT2D eigenvalue weighted by atomic mass is 9.88. The number of carbonyl (C=O) groups excluding carboxylic acids is 2. The lowest BCUT2D eigenvalue weighted by molar-refractivity contribution is 0.0505. The van der Waals surface area contributed by atoms with Crippen molar-refractivity contribution in [2.24, 2.45) is 5.92 Å². The topological polar surface area (TPSA) is 77.5 Å². The zero-order valence-electron chi connectivity index (χ0n) is 21.3.